The smallest absolute Gasteiger partial charge is 0.253 e. The van der Waals surface area contributed by atoms with Crippen molar-refractivity contribution in [1.29, 1.82) is 0 Å². The Morgan fingerprint density at radius 1 is 1.15 bits per heavy atom. The molecule has 0 aliphatic carbocycles. The predicted molar refractivity (Wildman–Crippen MR) is 77.5 cm³/mol. The zero-order valence-electron chi connectivity index (χ0n) is 11.2. The first-order chi connectivity index (χ1) is 9.46. The van der Waals surface area contributed by atoms with Crippen molar-refractivity contribution >= 4 is 26.6 Å². The van der Waals surface area contributed by atoms with Crippen LogP contribution in [0, 0.1) is 0 Å². The van der Waals surface area contributed by atoms with Gasteiger partial charge < -0.3 is 9.47 Å². The maximum atomic E-state index is 12.4. The molecule has 3 rings (SSSR count). The van der Waals surface area contributed by atoms with Crippen LogP contribution >= 0.6 is 0 Å². The Labute approximate surface area is 117 Å². The van der Waals surface area contributed by atoms with Crippen molar-refractivity contribution in [3.05, 3.63) is 36.0 Å². The number of carbonyl (C=O) groups is 1. The number of fused-ring (bicyclic) bond motifs is 1. The minimum Gasteiger partial charge on any atom is -0.351 e. The molecule has 0 saturated carbocycles. The maximum absolute atomic E-state index is 12.4. The summed E-state index contributed by atoms with van der Waals surface area (Å²) < 4.78 is 24.8. The van der Waals surface area contributed by atoms with Crippen LogP contribution in [0.3, 0.4) is 0 Å². The fourth-order valence-electron chi connectivity index (χ4n) is 2.49. The first-order valence-corrected chi connectivity index (χ1v) is 8.33. The van der Waals surface area contributed by atoms with E-state index in [1.807, 2.05) is 36.0 Å². The molecule has 1 aromatic heterocycles. The monoisotopic (exact) mass is 292 g/mol. The molecule has 0 spiro atoms. The Morgan fingerprint density at radius 3 is 2.55 bits per heavy atom. The fraction of sp³-hybridized carbons (Fsp3) is 0.357. The van der Waals surface area contributed by atoms with Crippen molar-refractivity contribution in [3.63, 3.8) is 0 Å². The molecule has 0 radical (unpaired) electrons. The van der Waals surface area contributed by atoms with Gasteiger partial charge in [0, 0.05) is 37.4 Å². The molecule has 5 nitrogen and oxygen atoms in total. The van der Waals surface area contributed by atoms with Gasteiger partial charge in [-0.15, -0.1) is 0 Å². The molecule has 0 bridgehead atoms. The Bertz CT molecular complexity index is 763. The van der Waals surface area contributed by atoms with Gasteiger partial charge in [-0.1, -0.05) is 6.07 Å². The summed E-state index contributed by atoms with van der Waals surface area (Å²) in [7, 11) is -1.03. The number of aromatic nitrogens is 1. The normalized spacial score (nSPS) is 18.4. The minimum absolute atomic E-state index is 0.0607. The lowest BCUT2D eigenvalue weighted by molar-refractivity contribution is 0.0770. The van der Waals surface area contributed by atoms with E-state index in [1.54, 1.807) is 11.0 Å². The largest absolute Gasteiger partial charge is 0.351 e. The summed E-state index contributed by atoms with van der Waals surface area (Å²) >= 11 is 0. The van der Waals surface area contributed by atoms with Crippen molar-refractivity contribution in [2.45, 2.75) is 0 Å². The summed E-state index contributed by atoms with van der Waals surface area (Å²) in [6.45, 7) is 0.568. The van der Waals surface area contributed by atoms with E-state index in [4.69, 9.17) is 0 Å². The summed E-state index contributed by atoms with van der Waals surface area (Å²) in [5.74, 6) is 0.0269. The van der Waals surface area contributed by atoms with Crippen molar-refractivity contribution in [2.24, 2.45) is 7.05 Å². The lowest BCUT2D eigenvalue weighted by Crippen LogP contribution is -2.43. The van der Waals surface area contributed by atoms with E-state index in [1.165, 1.54) is 0 Å². The van der Waals surface area contributed by atoms with Crippen LogP contribution < -0.4 is 0 Å². The topological polar surface area (TPSA) is 59.4 Å². The second kappa shape index (κ2) is 4.63. The minimum atomic E-state index is -2.96. The molecular formula is C14H16N2O3S. The Balaban J connectivity index is 1.87. The highest BCUT2D eigenvalue weighted by Gasteiger charge is 2.25. The van der Waals surface area contributed by atoms with Gasteiger partial charge in [-0.25, -0.2) is 8.42 Å². The SMILES string of the molecule is Cn1ccc2ccc(C(=O)N3CCS(=O)(=O)CC3)cc21. The standard InChI is InChI=1S/C14H16N2O3S/c1-15-5-4-11-2-3-12(10-13(11)15)14(17)16-6-8-20(18,19)9-7-16/h2-5,10H,6-9H2,1H3. The van der Waals surface area contributed by atoms with Crippen molar-refractivity contribution in [3.8, 4) is 0 Å². The molecule has 1 amide bonds. The number of hydrogen-bond donors (Lipinski definition) is 0. The van der Waals surface area contributed by atoms with Crippen molar-refractivity contribution < 1.29 is 13.2 Å². The quantitative estimate of drug-likeness (QED) is 0.789. The lowest BCUT2D eigenvalue weighted by atomic mass is 10.1. The van der Waals surface area contributed by atoms with Crippen LogP contribution in [0.2, 0.25) is 0 Å². The molecule has 2 heterocycles. The van der Waals surface area contributed by atoms with Gasteiger partial charge in [-0.3, -0.25) is 4.79 Å². The molecule has 106 valence electrons. The molecule has 1 saturated heterocycles. The first kappa shape index (κ1) is 13.2. The van der Waals surface area contributed by atoms with Gasteiger partial charge in [0.1, 0.15) is 0 Å². The van der Waals surface area contributed by atoms with E-state index >= 15 is 0 Å². The van der Waals surface area contributed by atoms with Gasteiger partial charge in [-0.05, 0) is 23.6 Å². The maximum Gasteiger partial charge on any atom is 0.253 e. The average Bonchev–Trinajstić information content (AvgIpc) is 2.79. The van der Waals surface area contributed by atoms with Crippen LogP contribution in [0.1, 0.15) is 10.4 Å². The van der Waals surface area contributed by atoms with Crippen LogP contribution in [0.25, 0.3) is 10.9 Å². The Morgan fingerprint density at radius 2 is 1.85 bits per heavy atom. The van der Waals surface area contributed by atoms with Crippen LogP contribution in [0.4, 0.5) is 0 Å². The van der Waals surface area contributed by atoms with Gasteiger partial charge in [0.2, 0.25) is 0 Å². The van der Waals surface area contributed by atoms with E-state index < -0.39 is 9.84 Å². The van der Waals surface area contributed by atoms with Crippen molar-refractivity contribution in [2.75, 3.05) is 24.6 Å². The van der Waals surface area contributed by atoms with Crippen LogP contribution in [-0.2, 0) is 16.9 Å². The number of benzene rings is 1. The highest BCUT2D eigenvalue weighted by molar-refractivity contribution is 7.91. The summed E-state index contributed by atoms with van der Waals surface area (Å²) in [4.78, 5) is 14.0. The summed E-state index contributed by atoms with van der Waals surface area (Å²) in [6, 6.07) is 7.58. The van der Waals surface area contributed by atoms with E-state index in [9.17, 15) is 13.2 Å². The molecule has 6 heteroatoms. The van der Waals surface area contributed by atoms with E-state index in [-0.39, 0.29) is 30.5 Å². The molecule has 0 N–H and O–H groups in total. The molecule has 1 fully saturated rings. The second-order valence-corrected chi connectivity index (χ2v) is 7.45. The molecular weight excluding hydrogens is 276 g/mol. The molecule has 0 atom stereocenters. The second-order valence-electron chi connectivity index (χ2n) is 5.14. The van der Waals surface area contributed by atoms with Crippen LogP contribution in [0.5, 0.6) is 0 Å². The Hall–Kier alpha value is -1.82. The Kier molecular flexibility index (Phi) is 3.05. The third-order valence-corrected chi connectivity index (χ3v) is 5.38. The zero-order valence-corrected chi connectivity index (χ0v) is 12.1. The third-order valence-electron chi connectivity index (χ3n) is 3.77. The number of rotatable bonds is 1. The van der Waals surface area contributed by atoms with E-state index in [0.29, 0.717) is 5.56 Å². The highest BCUT2D eigenvalue weighted by atomic mass is 32.2. The molecule has 1 aromatic carbocycles. The molecule has 2 aromatic rings. The van der Waals surface area contributed by atoms with Gasteiger partial charge >= 0.3 is 0 Å². The highest BCUT2D eigenvalue weighted by Crippen LogP contribution is 2.18. The average molecular weight is 292 g/mol. The number of carbonyl (C=O) groups excluding carboxylic acids is 1. The summed E-state index contributed by atoms with van der Waals surface area (Å²) in [6.07, 6.45) is 1.95. The van der Waals surface area contributed by atoms with Gasteiger partial charge in [0.25, 0.3) is 5.91 Å². The predicted octanol–water partition coefficient (Wildman–Crippen LogP) is 1.05. The van der Waals surface area contributed by atoms with Crippen LogP contribution in [0.15, 0.2) is 30.5 Å². The fourth-order valence-corrected chi connectivity index (χ4v) is 3.69. The molecule has 0 unspecified atom stereocenters. The van der Waals surface area contributed by atoms with E-state index in [0.717, 1.165) is 10.9 Å². The first-order valence-electron chi connectivity index (χ1n) is 6.51. The number of sulfone groups is 1. The number of aryl methyl sites for hydroxylation is 1. The van der Waals surface area contributed by atoms with Gasteiger partial charge in [0.05, 0.1) is 11.5 Å². The van der Waals surface area contributed by atoms with Gasteiger partial charge in [0.15, 0.2) is 9.84 Å². The molecule has 1 aliphatic rings. The summed E-state index contributed by atoms with van der Waals surface area (Å²) in [5.41, 5.74) is 1.61. The molecule has 20 heavy (non-hydrogen) atoms. The summed E-state index contributed by atoms with van der Waals surface area (Å²) in [5, 5.41) is 1.09. The van der Waals surface area contributed by atoms with E-state index in [2.05, 4.69) is 0 Å². The third kappa shape index (κ3) is 2.31. The van der Waals surface area contributed by atoms with Crippen molar-refractivity contribution in [1.82, 2.24) is 9.47 Å². The number of hydrogen-bond acceptors (Lipinski definition) is 3. The van der Waals surface area contributed by atoms with Gasteiger partial charge in [-0.2, -0.15) is 0 Å². The number of nitrogens with zero attached hydrogens (tertiary/aromatic N) is 2. The lowest BCUT2D eigenvalue weighted by Gasteiger charge is -2.26. The molecule has 1 aliphatic heterocycles. The number of amides is 1. The zero-order chi connectivity index (χ0) is 14.3. The van der Waals surface area contributed by atoms with Crippen LogP contribution in [-0.4, -0.2) is 48.4 Å².